The molecule has 19 heavy (non-hydrogen) atoms. The van der Waals surface area contributed by atoms with Crippen molar-refractivity contribution in [1.29, 1.82) is 0 Å². The summed E-state index contributed by atoms with van der Waals surface area (Å²) >= 11 is 3.50. The molecule has 2 heterocycles. The van der Waals surface area contributed by atoms with Crippen LogP contribution in [0.5, 0.6) is 0 Å². The van der Waals surface area contributed by atoms with Gasteiger partial charge in [0, 0.05) is 21.7 Å². The molecule has 0 aliphatic heterocycles. The maximum Gasteiger partial charge on any atom is 0.167 e. The highest BCUT2D eigenvalue weighted by Crippen LogP contribution is 2.29. The highest BCUT2D eigenvalue weighted by molar-refractivity contribution is 9.10. The lowest BCUT2D eigenvalue weighted by atomic mass is 10.0. The van der Waals surface area contributed by atoms with E-state index in [-0.39, 0.29) is 0 Å². The molecular formula is C16H12BrNO. The first-order valence-corrected chi connectivity index (χ1v) is 6.82. The minimum absolute atomic E-state index is 0.692. The summed E-state index contributed by atoms with van der Waals surface area (Å²) in [6.07, 6.45) is 2.83. The Hall–Kier alpha value is -1.87. The number of halogens is 1. The number of aldehydes is 1. The number of nitrogens with zero attached hydrogens (tertiary/aromatic N) is 1. The Balaban J connectivity index is 2.29. The van der Waals surface area contributed by atoms with E-state index in [9.17, 15) is 4.79 Å². The average molecular weight is 314 g/mol. The smallest absolute Gasteiger partial charge is 0.167 e. The fourth-order valence-electron chi connectivity index (χ4n) is 2.31. The predicted molar refractivity (Wildman–Crippen MR) is 80.7 cm³/mol. The van der Waals surface area contributed by atoms with Crippen molar-refractivity contribution in [3.8, 4) is 11.1 Å². The van der Waals surface area contributed by atoms with E-state index < -0.39 is 0 Å². The van der Waals surface area contributed by atoms with Crippen molar-refractivity contribution < 1.29 is 4.79 Å². The summed E-state index contributed by atoms with van der Waals surface area (Å²) in [4.78, 5) is 11.4. The summed E-state index contributed by atoms with van der Waals surface area (Å²) < 4.78 is 2.99. The Morgan fingerprint density at radius 3 is 2.74 bits per heavy atom. The quantitative estimate of drug-likeness (QED) is 0.639. The van der Waals surface area contributed by atoms with Crippen molar-refractivity contribution in [3.05, 3.63) is 64.4 Å². The van der Waals surface area contributed by atoms with Crippen LogP contribution in [0, 0.1) is 6.92 Å². The second-order valence-corrected chi connectivity index (χ2v) is 5.37. The van der Waals surface area contributed by atoms with Gasteiger partial charge >= 0.3 is 0 Å². The Kier molecular flexibility index (Phi) is 2.99. The van der Waals surface area contributed by atoms with Gasteiger partial charge in [-0.2, -0.15) is 0 Å². The third kappa shape index (κ3) is 2.00. The van der Waals surface area contributed by atoms with Crippen LogP contribution in [-0.4, -0.2) is 10.7 Å². The lowest BCUT2D eigenvalue weighted by Crippen LogP contribution is -1.91. The molecule has 0 N–H and O–H groups in total. The molecule has 0 aliphatic carbocycles. The van der Waals surface area contributed by atoms with E-state index >= 15 is 0 Å². The van der Waals surface area contributed by atoms with Crippen molar-refractivity contribution in [3.63, 3.8) is 0 Å². The van der Waals surface area contributed by atoms with Crippen LogP contribution in [0.3, 0.4) is 0 Å². The van der Waals surface area contributed by atoms with E-state index in [4.69, 9.17) is 0 Å². The number of benzene rings is 1. The molecule has 0 amide bonds. The molecule has 0 saturated heterocycles. The molecule has 0 bridgehead atoms. The predicted octanol–water partition coefficient (Wildman–Crippen LogP) is 4.49. The summed E-state index contributed by atoms with van der Waals surface area (Å²) in [5.74, 6) is 0. The molecule has 0 radical (unpaired) electrons. The average Bonchev–Trinajstić information content (AvgIpc) is 2.80. The number of hydrogen-bond donors (Lipinski definition) is 0. The molecule has 94 valence electrons. The maximum atomic E-state index is 11.4. The monoisotopic (exact) mass is 313 g/mol. The first kappa shape index (κ1) is 12.2. The minimum atomic E-state index is 0.692. The molecule has 0 saturated carbocycles. The number of carbonyl (C=O) groups is 1. The number of aryl methyl sites for hydroxylation is 1. The van der Waals surface area contributed by atoms with Gasteiger partial charge in [0.2, 0.25) is 0 Å². The van der Waals surface area contributed by atoms with E-state index in [0.29, 0.717) is 5.69 Å². The molecule has 0 atom stereocenters. The zero-order chi connectivity index (χ0) is 13.4. The summed E-state index contributed by atoms with van der Waals surface area (Å²) in [6, 6.07) is 14.1. The Morgan fingerprint density at radius 2 is 2.00 bits per heavy atom. The lowest BCUT2D eigenvalue weighted by molar-refractivity contribution is 0.111. The fraction of sp³-hybridized carbons (Fsp3) is 0.0625. The lowest BCUT2D eigenvalue weighted by Gasteiger charge is -2.04. The van der Waals surface area contributed by atoms with E-state index in [2.05, 4.69) is 22.0 Å². The molecule has 0 spiro atoms. The Bertz CT molecular complexity index is 774. The number of carbonyl (C=O) groups excluding carboxylic acids is 1. The first-order chi connectivity index (χ1) is 9.20. The standard InChI is InChI=1S/C16H12BrNO/c1-11-8-12(5-6-15(11)17)14-9-13-4-2-3-7-18(13)16(14)10-19/h2-10H,1H3. The van der Waals surface area contributed by atoms with Crippen LogP contribution >= 0.6 is 15.9 Å². The number of hydrogen-bond acceptors (Lipinski definition) is 1. The van der Waals surface area contributed by atoms with Gasteiger partial charge in [-0.15, -0.1) is 0 Å². The molecule has 1 aromatic carbocycles. The Labute approximate surface area is 119 Å². The topological polar surface area (TPSA) is 21.5 Å². The van der Waals surface area contributed by atoms with Crippen molar-refractivity contribution in [1.82, 2.24) is 4.40 Å². The summed E-state index contributed by atoms with van der Waals surface area (Å²) in [5, 5.41) is 0. The van der Waals surface area contributed by atoms with Gasteiger partial charge in [-0.05, 0) is 42.3 Å². The van der Waals surface area contributed by atoms with Crippen molar-refractivity contribution in [2.75, 3.05) is 0 Å². The third-order valence-electron chi connectivity index (χ3n) is 3.30. The molecule has 2 aromatic heterocycles. The SMILES string of the molecule is Cc1cc(-c2cc3ccccn3c2C=O)ccc1Br. The van der Waals surface area contributed by atoms with Gasteiger partial charge in [-0.3, -0.25) is 4.79 Å². The fourth-order valence-corrected chi connectivity index (χ4v) is 2.56. The Morgan fingerprint density at radius 1 is 1.16 bits per heavy atom. The van der Waals surface area contributed by atoms with Crippen LogP contribution in [0.2, 0.25) is 0 Å². The molecule has 3 aromatic rings. The highest BCUT2D eigenvalue weighted by atomic mass is 79.9. The van der Waals surface area contributed by atoms with Gasteiger partial charge in [-0.1, -0.05) is 34.1 Å². The van der Waals surface area contributed by atoms with Gasteiger partial charge in [0.1, 0.15) is 0 Å². The molecule has 0 aliphatic rings. The summed E-state index contributed by atoms with van der Waals surface area (Å²) in [7, 11) is 0. The van der Waals surface area contributed by atoms with Crippen molar-refractivity contribution in [2.45, 2.75) is 6.92 Å². The third-order valence-corrected chi connectivity index (χ3v) is 4.19. The maximum absolute atomic E-state index is 11.4. The molecule has 2 nitrogen and oxygen atoms in total. The van der Waals surface area contributed by atoms with Crippen LogP contribution in [-0.2, 0) is 0 Å². The largest absolute Gasteiger partial charge is 0.314 e. The normalized spacial score (nSPS) is 10.8. The van der Waals surface area contributed by atoms with Gasteiger partial charge in [0.15, 0.2) is 6.29 Å². The zero-order valence-electron chi connectivity index (χ0n) is 10.4. The van der Waals surface area contributed by atoms with Crippen LogP contribution in [0.25, 0.3) is 16.6 Å². The number of aromatic nitrogens is 1. The molecular weight excluding hydrogens is 302 g/mol. The van der Waals surface area contributed by atoms with Gasteiger partial charge in [-0.25, -0.2) is 0 Å². The molecule has 3 rings (SSSR count). The zero-order valence-corrected chi connectivity index (χ0v) is 12.0. The number of rotatable bonds is 2. The molecule has 0 unspecified atom stereocenters. The van der Waals surface area contributed by atoms with E-state index in [1.165, 1.54) is 0 Å². The minimum Gasteiger partial charge on any atom is -0.314 e. The number of fused-ring (bicyclic) bond motifs is 1. The summed E-state index contributed by atoms with van der Waals surface area (Å²) in [6.45, 7) is 2.05. The van der Waals surface area contributed by atoms with E-state index in [0.717, 1.165) is 33.0 Å². The van der Waals surface area contributed by atoms with Gasteiger partial charge in [0.05, 0.1) is 5.69 Å². The number of pyridine rings is 1. The van der Waals surface area contributed by atoms with Crippen LogP contribution in [0.4, 0.5) is 0 Å². The van der Waals surface area contributed by atoms with Crippen LogP contribution in [0.1, 0.15) is 16.1 Å². The molecule has 0 fully saturated rings. The second kappa shape index (κ2) is 4.67. The van der Waals surface area contributed by atoms with Gasteiger partial charge in [0.25, 0.3) is 0 Å². The second-order valence-electron chi connectivity index (χ2n) is 4.52. The molecule has 3 heteroatoms. The van der Waals surface area contributed by atoms with Crippen molar-refractivity contribution in [2.24, 2.45) is 0 Å². The van der Waals surface area contributed by atoms with E-state index in [1.54, 1.807) is 0 Å². The summed E-state index contributed by atoms with van der Waals surface area (Å²) in [5.41, 5.74) is 4.91. The van der Waals surface area contributed by atoms with Crippen LogP contribution in [0.15, 0.2) is 53.1 Å². The van der Waals surface area contributed by atoms with Crippen LogP contribution < -0.4 is 0 Å². The van der Waals surface area contributed by atoms with Crippen molar-refractivity contribution >= 4 is 27.7 Å². The van der Waals surface area contributed by atoms with Gasteiger partial charge < -0.3 is 4.40 Å². The van der Waals surface area contributed by atoms with E-state index in [1.807, 2.05) is 53.9 Å². The highest BCUT2D eigenvalue weighted by Gasteiger charge is 2.11. The first-order valence-electron chi connectivity index (χ1n) is 6.02.